The van der Waals surface area contributed by atoms with Crippen molar-refractivity contribution in [3.8, 4) is 5.75 Å². The molecule has 0 heterocycles. The van der Waals surface area contributed by atoms with Gasteiger partial charge in [0, 0.05) is 0 Å². The van der Waals surface area contributed by atoms with Gasteiger partial charge in [-0.2, -0.15) is 0 Å². The number of aryl methyl sites for hydroxylation is 1. The monoisotopic (exact) mass is 219 g/mol. The summed E-state index contributed by atoms with van der Waals surface area (Å²) in [7, 11) is 1.72. The zero-order chi connectivity index (χ0) is 11.6. The van der Waals surface area contributed by atoms with Crippen LogP contribution in [-0.2, 0) is 6.42 Å². The van der Waals surface area contributed by atoms with E-state index in [-0.39, 0.29) is 0 Å². The van der Waals surface area contributed by atoms with Gasteiger partial charge in [-0.25, -0.2) is 0 Å². The van der Waals surface area contributed by atoms with E-state index < -0.39 is 0 Å². The van der Waals surface area contributed by atoms with Gasteiger partial charge >= 0.3 is 0 Å². The van der Waals surface area contributed by atoms with E-state index in [1.165, 1.54) is 44.1 Å². The Balaban J connectivity index is 2.16. The molecule has 0 amide bonds. The lowest BCUT2D eigenvalue weighted by molar-refractivity contribution is 0.414. The third-order valence-electron chi connectivity index (χ3n) is 2.85. The number of benzene rings is 1. The molecule has 0 spiro atoms. The molecule has 0 bridgehead atoms. The van der Waals surface area contributed by atoms with E-state index in [1.807, 2.05) is 6.07 Å². The molecule has 0 aromatic heterocycles. The summed E-state index contributed by atoms with van der Waals surface area (Å²) in [6, 6.07) is 8.38. The van der Waals surface area contributed by atoms with Crippen LogP contribution in [0.15, 0.2) is 24.3 Å². The van der Waals surface area contributed by atoms with Crippen LogP contribution in [0.3, 0.4) is 0 Å². The van der Waals surface area contributed by atoms with Crippen molar-refractivity contribution in [3.05, 3.63) is 36.8 Å². The number of hydrogen-bond donors (Lipinski definition) is 0. The van der Waals surface area contributed by atoms with Gasteiger partial charge in [0.25, 0.3) is 0 Å². The summed E-state index contributed by atoms with van der Waals surface area (Å²) in [5.41, 5.74) is 1.39. The Morgan fingerprint density at radius 1 is 1.06 bits per heavy atom. The summed E-state index contributed by atoms with van der Waals surface area (Å²) >= 11 is 0. The molecule has 0 fully saturated rings. The van der Waals surface area contributed by atoms with Gasteiger partial charge in [0.15, 0.2) is 0 Å². The van der Waals surface area contributed by atoms with Crippen LogP contribution in [0.4, 0.5) is 0 Å². The lowest BCUT2D eigenvalue weighted by Crippen LogP contribution is -1.88. The zero-order valence-corrected chi connectivity index (χ0v) is 10.4. The van der Waals surface area contributed by atoms with Gasteiger partial charge in [-0.1, -0.05) is 51.2 Å². The molecule has 0 aliphatic rings. The Hall–Kier alpha value is -0.980. The number of methoxy groups -OCH3 is 1. The van der Waals surface area contributed by atoms with Crippen molar-refractivity contribution in [2.45, 2.75) is 44.9 Å². The van der Waals surface area contributed by atoms with E-state index in [0.717, 1.165) is 12.2 Å². The van der Waals surface area contributed by atoms with Crippen molar-refractivity contribution in [3.63, 3.8) is 0 Å². The third kappa shape index (κ3) is 5.20. The number of unbranched alkanes of at least 4 members (excludes halogenated alkanes) is 5. The highest BCUT2D eigenvalue weighted by atomic mass is 16.5. The molecule has 0 unspecified atom stereocenters. The molecule has 0 atom stereocenters. The second kappa shape index (κ2) is 8.20. The predicted molar refractivity (Wildman–Crippen MR) is 69.8 cm³/mol. The first-order valence-corrected chi connectivity index (χ1v) is 6.29. The maximum Gasteiger partial charge on any atom is 0.119 e. The molecular formula is C15H23O. The van der Waals surface area contributed by atoms with Gasteiger partial charge in [0.05, 0.1) is 7.11 Å². The molecule has 1 nitrogen and oxygen atoms in total. The highest BCUT2D eigenvalue weighted by molar-refractivity contribution is 5.28. The van der Waals surface area contributed by atoms with E-state index >= 15 is 0 Å². The Morgan fingerprint density at radius 2 is 1.81 bits per heavy atom. The number of rotatable bonds is 8. The second-order valence-electron chi connectivity index (χ2n) is 4.22. The van der Waals surface area contributed by atoms with Crippen molar-refractivity contribution in [1.29, 1.82) is 0 Å². The standard InChI is InChI=1S/C15H23O/c1-3-4-5-6-7-8-10-14-11-9-12-15(13-14)16-2/h9,11-13H,1,3-8,10H2,2H3. The fourth-order valence-electron chi connectivity index (χ4n) is 1.86. The van der Waals surface area contributed by atoms with Crippen LogP contribution in [0.5, 0.6) is 5.75 Å². The van der Waals surface area contributed by atoms with E-state index in [9.17, 15) is 0 Å². The first-order valence-electron chi connectivity index (χ1n) is 6.29. The molecule has 0 saturated heterocycles. The second-order valence-corrected chi connectivity index (χ2v) is 4.22. The zero-order valence-electron chi connectivity index (χ0n) is 10.4. The van der Waals surface area contributed by atoms with Crippen LogP contribution in [0.2, 0.25) is 0 Å². The lowest BCUT2D eigenvalue weighted by Gasteiger charge is -2.04. The van der Waals surface area contributed by atoms with Crippen LogP contribution >= 0.6 is 0 Å². The predicted octanol–water partition coefficient (Wildman–Crippen LogP) is 4.41. The fourth-order valence-corrected chi connectivity index (χ4v) is 1.86. The largest absolute Gasteiger partial charge is 0.497 e. The van der Waals surface area contributed by atoms with Crippen molar-refractivity contribution < 1.29 is 4.74 Å². The summed E-state index contributed by atoms with van der Waals surface area (Å²) in [4.78, 5) is 0. The topological polar surface area (TPSA) is 9.23 Å². The van der Waals surface area contributed by atoms with Crippen molar-refractivity contribution in [2.75, 3.05) is 7.11 Å². The summed E-state index contributed by atoms with van der Waals surface area (Å²) < 4.78 is 5.21. The van der Waals surface area contributed by atoms with Gasteiger partial charge in [-0.3, -0.25) is 0 Å². The molecule has 1 aromatic carbocycles. The Bertz CT molecular complexity index is 281. The normalized spacial score (nSPS) is 10.4. The van der Waals surface area contributed by atoms with Crippen molar-refractivity contribution >= 4 is 0 Å². The van der Waals surface area contributed by atoms with Gasteiger partial charge in [-0.15, -0.1) is 0 Å². The fraction of sp³-hybridized carbons (Fsp3) is 0.533. The van der Waals surface area contributed by atoms with Crippen LogP contribution in [-0.4, -0.2) is 7.11 Å². The molecule has 0 aliphatic carbocycles. The molecule has 1 aromatic rings. The molecule has 1 rings (SSSR count). The maximum absolute atomic E-state index is 5.21. The minimum absolute atomic E-state index is 0.967. The van der Waals surface area contributed by atoms with Crippen molar-refractivity contribution in [1.82, 2.24) is 0 Å². The molecular weight excluding hydrogens is 196 g/mol. The van der Waals surface area contributed by atoms with Gasteiger partial charge in [0.2, 0.25) is 0 Å². The average molecular weight is 219 g/mol. The smallest absolute Gasteiger partial charge is 0.119 e. The maximum atomic E-state index is 5.21. The summed E-state index contributed by atoms with van der Waals surface area (Å²) in [6.45, 7) is 3.86. The van der Waals surface area contributed by atoms with Gasteiger partial charge < -0.3 is 4.74 Å². The van der Waals surface area contributed by atoms with Crippen LogP contribution in [0.1, 0.15) is 44.1 Å². The number of ether oxygens (including phenoxy) is 1. The molecule has 0 aliphatic heterocycles. The van der Waals surface area contributed by atoms with E-state index in [2.05, 4.69) is 25.1 Å². The molecule has 1 heteroatoms. The Labute approximate surface area is 99.8 Å². The molecule has 16 heavy (non-hydrogen) atoms. The lowest BCUT2D eigenvalue weighted by atomic mass is 10.0. The minimum Gasteiger partial charge on any atom is -0.497 e. The Morgan fingerprint density at radius 3 is 2.56 bits per heavy atom. The van der Waals surface area contributed by atoms with E-state index in [4.69, 9.17) is 4.74 Å². The summed E-state index contributed by atoms with van der Waals surface area (Å²) in [5, 5.41) is 0. The van der Waals surface area contributed by atoms with Gasteiger partial charge in [-0.05, 0) is 30.5 Å². The molecule has 0 saturated carbocycles. The summed E-state index contributed by atoms with van der Waals surface area (Å²) in [6.07, 6.45) is 8.82. The highest BCUT2D eigenvalue weighted by Crippen LogP contribution is 2.15. The van der Waals surface area contributed by atoms with Crippen molar-refractivity contribution in [2.24, 2.45) is 0 Å². The van der Waals surface area contributed by atoms with Gasteiger partial charge in [0.1, 0.15) is 5.75 Å². The summed E-state index contributed by atoms with van der Waals surface area (Å²) in [5.74, 6) is 0.967. The first-order chi connectivity index (χ1) is 7.86. The molecule has 89 valence electrons. The average Bonchev–Trinajstić information content (AvgIpc) is 2.34. The SMILES string of the molecule is [CH2]CCCCCCCc1cccc(OC)c1. The van der Waals surface area contributed by atoms with E-state index in [1.54, 1.807) is 7.11 Å². The Kier molecular flexibility index (Phi) is 6.71. The van der Waals surface area contributed by atoms with Crippen LogP contribution in [0.25, 0.3) is 0 Å². The quantitative estimate of drug-likeness (QED) is 0.588. The van der Waals surface area contributed by atoms with Crippen LogP contribution < -0.4 is 4.74 Å². The highest BCUT2D eigenvalue weighted by Gasteiger charge is 1.96. The first kappa shape index (κ1) is 13.1. The van der Waals surface area contributed by atoms with E-state index in [0.29, 0.717) is 0 Å². The third-order valence-corrected chi connectivity index (χ3v) is 2.85. The minimum atomic E-state index is 0.967. The number of hydrogen-bond acceptors (Lipinski definition) is 1. The molecule has 1 radical (unpaired) electrons. The van der Waals surface area contributed by atoms with Crippen LogP contribution in [0, 0.1) is 6.92 Å². The molecule has 0 N–H and O–H groups in total.